The van der Waals surface area contributed by atoms with E-state index < -0.39 is 0 Å². The first-order valence-corrected chi connectivity index (χ1v) is 5.58. The van der Waals surface area contributed by atoms with Crippen LogP contribution < -0.4 is 5.73 Å². The van der Waals surface area contributed by atoms with Gasteiger partial charge in [0.25, 0.3) is 0 Å². The molecule has 1 rings (SSSR count). The predicted octanol–water partition coefficient (Wildman–Crippen LogP) is 1.57. The summed E-state index contributed by atoms with van der Waals surface area (Å²) in [5.74, 6) is 0. The fraction of sp³-hybridized carbons (Fsp3) is 0. The molecule has 2 N–H and O–H groups in total. The van der Waals surface area contributed by atoms with Crippen molar-refractivity contribution in [3.63, 3.8) is 0 Å². The van der Waals surface area contributed by atoms with Gasteiger partial charge in [-0.05, 0) is 34.7 Å². The van der Waals surface area contributed by atoms with Crippen LogP contribution in [0.2, 0.25) is 0 Å². The zero-order chi connectivity index (χ0) is 8.69. The van der Waals surface area contributed by atoms with Gasteiger partial charge in [0, 0.05) is 0 Å². The van der Waals surface area contributed by atoms with Gasteiger partial charge < -0.3 is 5.73 Å². The molecule has 0 aliphatic rings. The first-order valence-electron chi connectivity index (χ1n) is 2.86. The smallest absolute Gasteiger partial charge is 0.101 e. The minimum absolute atomic E-state index is 0.713. The second-order valence-electron chi connectivity index (χ2n) is 1.62. The van der Waals surface area contributed by atoms with Crippen LogP contribution in [0.15, 0.2) is 29.0 Å². The van der Waals surface area contributed by atoms with Crippen molar-refractivity contribution in [2.45, 2.75) is 0 Å². The van der Waals surface area contributed by atoms with Crippen molar-refractivity contribution in [2.24, 2.45) is 0 Å². The zero-order valence-corrected chi connectivity index (χ0v) is 10.9. The summed E-state index contributed by atoms with van der Waals surface area (Å²) < 4.78 is 2.81. The second kappa shape index (κ2) is 6.90. The topological polar surface area (TPSA) is 38.9 Å². The molecule has 3 radical (unpaired) electrons. The van der Waals surface area contributed by atoms with Gasteiger partial charge in [0.15, 0.2) is 0 Å². The maximum Gasteiger partial charge on any atom is 0.101 e. The number of halogens is 1. The quantitative estimate of drug-likeness (QED) is 0.430. The molecule has 0 atom stereocenters. The van der Waals surface area contributed by atoms with E-state index in [0.717, 1.165) is 3.70 Å². The van der Waals surface area contributed by atoms with Gasteiger partial charge >= 0.3 is 33.2 Å². The summed E-state index contributed by atoms with van der Waals surface area (Å²) in [5, 5.41) is 0. The molecule has 1 aromatic rings. The van der Waals surface area contributed by atoms with E-state index in [9.17, 15) is 0 Å². The van der Waals surface area contributed by atoms with Crippen LogP contribution in [0, 0.1) is 3.70 Å². The SMILES string of the molecule is C=[CH][Sn].Nc1ccc(I)nc1. The van der Waals surface area contributed by atoms with Crippen LogP contribution in [0.4, 0.5) is 5.69 Å². The van der Waals surface area contributed by atoms with Crippen molar-refractivity contribution in [3.05, 3.63) is 32.7 Å². The molecule has 2 nitrogen and oxygen atoms in total. The summed E-state index contributed by atoms with van der Waals surface area (Å²) >= 11 is 3.53. The summed E-state index contributed by atoms with van der Waals surface area (Å²) in [7, 11) is 0. The predicted molar refractivity (Wildman–Crippen MR) is 57.3 cm³/mol. The number of nitrogens with zero attached hydrogens (tertiary/aromatic N) is 1. The van der Waals surface area contributed by atoms with Gasteiger partial charge in [-0.2, -0.15) is 0 Å². The van der Waals surface area contributed by atoms with Gasteiger partial charge in [0.05, 0.1) is 11.9 Å². The normalized spacial score (nSPS) is 7.82. The number of hydrogen-bond acceptors (Lipinski definition) is 2. The van der Waals surface area contributed by atoms with E-state index in [1.807, 2.05) is 16.2 Å². The van der Waals surface area contributed by atoms with E-state index in [0.29, 0.717) is 5.69 Å². The zero-order valence-electron chi connectivity index (χ0n) is 5.92. The van der Waals surface area contributed by atoms with E-state index in [-0.39, 0.29) is 0 Å². The maximum atomic E-state index is 5.36. The average Bonchev–Trinajstić information content (AvgIpc) is 1.97. The van der Waals surface area contributed by atoms with Crippen molar-refractivity contribution in [2.75, 3.05) is 5.73 Å². The summed E-state index contributed by atoms with van der Waals surface area (Å²) in [6.45, 7) is 3.40. The molecule has 0 saturated heterocycles. The van der Waals surface area contributed by atoms with Gasteiger partial charge in [-0.3, -0.25) is 0 Å². The Morgan fingerprint density at radius 2 is 2.18 bits per heavy atom. The standard InChI is InChI=1S/C5H5IN2.C2H3.Sn/c6-5-2-1-4(7)3-8-5;1-2;/h1-3H,7H2;1H,2H2;. The van der Waals surface area contributed by atoms with Gasteiger partial charge in [-0.25, -0.2) is 4.98 Å². The van der Waals surface area contributed by atoms with Crippen LogP contribution in [0.5, 0.6) is 0 Å². The molecule has 57 valence electrons. The van der Waals surface area contributed by atoms with Crippen molar-refractivity contribution in [3.8, 4) is 0 Å². The van der Waals surface area contributed by atoms with Gasteiger partial charge in [-0.1, -0.05) is 0 Å². The number of rotatable bonds is 0. The van der Waals surface area contributed by atoms with Crippen LogP contribution in [0.1, 0.15) is 0 Å². The Hall–Kier alpha value is 0.219. The van der Waals surface area contributed by atoms with Crippen molar-refractivity contribution >= 4 is 50.8 Å². The number of nitrogen functional groups attached to an aromatic ring is 1. The second-order valence-corrected chi connectivity index (χ2v) is 3.89. The Labute approximate surface area is 93.5 Å². The fourth-order valence-corrected chi connectivity index (χ4v) is 0.706. The van der Waals surface area contributed by atoms with Gasteiger partial charge in [-0.15, -0.1) is 0 Å². The molecule has 1 aromatic heterocycles. The summed E-state index contributed by atoms with van der Waals surface area (Å²) in [5.41, 5.74) is 6.07. The molecule has 0 saturated carbocycles. The molecule has 0 amide bonds. The van der Waals surface area contributed by atoms with Crippen LogP contribution in [0.3, 0.4) is 0 Å². The summed E-state index contributed by atoms with van der Waals surface area (Å²) in [6, 6.07) is 3.70. The molecule has 0 unspecified atom stereocenters. The van der Waals surface area contributed by atoms with E-state index in [4.69, 9.17) is 5.73 Å². The largest absolute Gasteiger partial charge is 0.397 e. The van der Waals surface area contributed by atoms with E-state index >= 15 is 0 Å². The first kappa shape index (κ1) is 11.2. The number of nitrogens with two attached hydrogens (primary N) is 1. The number of anilines is 1. The molecule has 1 heterocycles. The van der Waals surface area contributed by atoms with Crippen LogP contribution >= 0.6 is 22.6 Å². The third-order valence-electron chi connectivity index (χ3n) is 0.750. The third kappa shape index (κ3) is 6.61. The minimum atomic E-state index is 0.713. The molecule has 0 aromatic carbocycles. The average molecular weight is 366 g/mol. The Balaban J connectivity index is 0.000000292. The molecule has 0 aliphatic heterocycles. The summed E-state index contributed by atoms with van der Waals surface area (Å²) in [4.78, 5) is 3.94. The fourth-order valence-electron chi connectivity index (χ4n) is 0.387. The minimum Gasteiger partial charge on any atom is -0.397 e. The molecule has 4 heteroatoms. The summed E-state index contributed by atoms with van der Waals surface area (Å²) in [6.07, 6.45) is 1.64. The number of pyridine rings is 1. The molecule has 0 aliphatic carbocycles. The maximum absolute atomic E-state index is 5.36. The molecular weight excluding hydrogens is 358 g/mol. The molecular formula is C7H8IN2Sn. The van der Waals surface area contributed by atoms with Crippen molar-refractivity contribution in [1.29, 1.82) is 0 Å². The van der Waals surface area contributed by atoms with Gasteiger partial charge in [0.1, 0.15) is 3.70 Å². The van der Waals surface area contributed by atoms with Crippen LogP contribution in [0.25, 0.3) is 0 Å². The number of aromatic nitrogens is 1. The monoisotopic (exact) mass is 367 g/mol. The van der Waals surface area contributed by atoms with Crippen LogP contribution in [-0.2, 0) is 0 Å². The Bertz CT molecular complexity index is 189. The van der Waals surface area contributed by atoms with Crippen molar-refractivity contribution in [1.82, 2.24) is 4.98 Å². The Morgan fingerprint density at radius 1 is 1.64 bits per heavy atom. The molecule has 0 bridgehead atoms. The van der Waals surface area contributed by atoms with E-state index in [1.54, 1.807) is 6.20 Å². The molecule has 11 heavy (non-hydrogen) atoms. The first-order chi connectivity index (χ1) is 5.20. The molecule has 0 fully saturated rings. The number of hydrogen-bond donors (Lipinski definition) is 1. The third-order valence-corrected chi connectivity index (χ3v) is 1.39. The Kier molecular flexibility index (Phi) is 7.04. The molecule has 0 spiro atoms. The van der Waals surface area contributed by atoms with Crippen molar-refractivity contribution < 1.29 is 0 Å². The van der Waals surface area contributed by atoms with Crippen LogP contribution in [-0.4, -0.2) is 27.5 Å². The Morgan fingerprint density at radius 3 is 2.45 bits per heavy atom. The van der Waals surface area contributed by atoms with E-state index in [1.165, 1.54) is 22.5 Å². The van der Waals surface area contributed by atoms with E-state index in [2.05, 4.69) is 34.2 Å². The van der Waals surface area contributed by atoms with Gasteiger partial charge in [0.2, 0.25) is 0 Å².